The molecule has 3 aromatic carbocycles. The lowest BCUT2D eigenvalue weighted by molar-refractivity contribution is -0.143. The predicted molar refractivity (Wildman–Crippen MR) is 190 cm³/mol. The van der Waals surface area contributed by atoms with Crippen LogP contribution in [-0.4, -0.2) is 99.3 Å². The Morgan fingerprint density at radius 2 is 1.62 bits per heavy atom. The van der Waals surface area contributed by atoms with Crippen LogP contribution in [0, 0.1) is 5.82 Å². The zero-order valence-electron chi connectivity index (χ0n) is 30.7. The van der Waals surface area contributed by atoms with E-state index in [-0.39, 0.29) is 36.6 Å². The van der Waals surface area contributed by atoms with Gasteiger partial charge in [-0.15, -0.1) is 0 Å². The summed E-state index contributed by atoms with van der Waals surface area (Å²) in [5, 5.41) is 3.08. The van der Waals surface area contributed by atoms with Crippen LogP contribution in [0.25, 0.3) is 0 Å². The van der Waals surface area contributed by atoms with E-state index in [2.05, 4.69) is 22.3 Å². The van der Waals surface area contributed by atoms with Crippen LogP contribution in [0.3, 0.4) is 0 Å². The molecule has 0 unspecified atom stereocenters. The molecule has 15 heteroatoms. The lowest BCUT2D eigenvalue weighted by Crippen LogP contribution is -2.50. The lowest BCUT2D eigenvalue weighted by Gasteiger charge is -2.44. The van der Waals surface area contributed by atoms with Gasteiger partial charge in [-0.3, -0.25) is 9.59 Å². The van der Waals surface area contributed by atoms with Crippen LogP contribution in [0.1, 0.15) is 63.9 Å². The number of halogens is 7. The highest BCUT2D eigenvalue weighted by Crippen LogP contribution is 2.48. The number of fused-ring (bicyclic) bond motifs is 2. The van der Waals surface area contributed by atoms with E-state index in [0.717, 1.165) is 30.7 Å². The fraction of sp³-hybridized carbons (Fsp3) is 0.500. The number of amides is 2. The molecule has 0 saturated carbocycles. The summed E-state index contributed by atoms with van der Waals surface area (Å²) in [6, 6.07) is 14.5. The van der Waals surface area contributed by atoms with Gasteiger partial charge in [-0.05, 0) is 106 Å². The van der Waals surface area contributed by atoms with E-state index in [9.17, 15) is 40.3 Å². The molecular weight excluding hydrogens is 733 g/mol. The van der Waals surface area contributed by atoms with Gasteiger partial charge in [0.25, 0.3) is 5.91 Å². The summed E-state index contributed by atoms with van der Waals surface area (Å²) in [6.07, 6.45) is -7.12. The first-order chi connectivity index (χ1) is 26.0. The number of nitrogens with one attached hydrogen (secondary N) is 1. The predicted octanol–water partition coefficient (Wildman–Crippen LogP) is 6.62. The van der Waals surface area contributed by atoms with Crippen molar-refractivity contribution in [1.82, 2.24) is 20.0 Å². The van der Waals surface area contributed by atoms with Crippen LogP contribution in [0.2, 0.25) is 0 Å². The number of carbonyl (C=O) groups is 2. The van der Waals surface area contributed by atoms with Gasteiger partial charge in [-0.1, -0.05) is 36.4 Å². The molecular formula is C40H45F7N4O4. The van der Waals surface area contributed by atoms with E-state index in [1.54, 1.807) is 11.9 Å². The summed E-state index contributed by atoms with van der Waals surface area (Å²) < 4.78 is 108. The van der Waals surface area contributed by atoms with Crippen molar-refractivity contribution >= 4 is 11.8 Å². The minimum absolute atomic E-state index is 0.0207. The molecule has 1 aliphatic carbocycles. The average Bonchev–Trinajstić information content (AvgIpc) is 3.73. The quantitative estimate of drug-likeness (QED) is 0.165. The van der Waals surface area contributed by atoms with E-state index >= 15 is 0 Å². The van der Waals surface area contributed by atoms with Crippen molar-refractivity contribution in [1.29, 1.82) is 0 Å². The number of hydrogen-bond acceptors (Lipinski definition) is 6. The number of ether oxygens (including phenoxy) is 2. The van der Waals surface area contributed by atoms with E-state index in [1.165, 1.54) is 35.4 Å². The SMILES string of the molecule is CNCCCN(C)C(=O)CO[C@H]1Cc2ccccc2C12CCN(CC[C@]1(c3ccc(F)cc3)CN(C(=O)c3cc(C(F)(F)F)cc(C(F)(F)F)c3)CO1)CC2. The van der Waals surface area contributed by atoms with Gasteiger partial charge in [0.2, 0.25) is 5.91 Å². The third-order valence-corrected chi connectivity index (χ3v) is 11.3. The molecule has 1 N–H and O–H groups in total. The molecule has 3 aliphatic rings. The Kier molecular flexibility index (Phi) is 12.0. The van der Waals surface area contributed by atoms with Crippen molar-refractivity contribution in [3.05, 3.63) is 106 Å². The normalized spacial score (nSPS) is 21.3. The smallest absolute Gasteiger partial charge is 0.367 e. The summed E-state index contributed by atoms with van der Waals surface area (Å²) in [5.74, 6) is -1.64. The molecule has 8 nitrogen and oxygen atoms in total. The zero-order chi connectivity index (χ0) is 39.6. The molecule has 1 spiro atoms. The number of hydrogen-bond donors (Lipinski definition) is 1. The van der Waals surface area contributed by atoms with Gasteiger partial charge in [0, 0.05) is 31.1 Å². The molecule has 298 valence electrons. The van der Waals surface area contributed by atoms with E-state index < -0.39 is 53.1 Å². The first-order valence-corrected chi connectivity index (χ1v) is 18.3. The van der Waals surface area contributed by atoms with Crippen molar-refractivity contribution in [3.8, 4) is 0 Å². The second-order valence-corrected chi connectivity index (χ2v) is 14.8. The molecule has 55 heavy (non-hydrogen) atoms. The standard InChI is InChI=1S/C40H45F7N4O4/c1-48-15-5-16-49(2)35(52)24-54-34-22-27-6-3-4-7-33(27)37(34)12-17-50(18-13-37)19-14-38(29-8-10-32(41)11-9-29)25-51(26-55-38)36(53)28-20-30(39(42,43)44)23-31(21-28)40(45,46)47/h3-4,6-11,20-21,23,34,48H,5,12-19,22,24-26H2,1-2H3/t34-,38+/m0/s1. The second-order valence-electron chi connectivity index (χ2n) is 14.8. The third-order valence-electron chi connectivity index (χ3n) is 11.3. The number of nitrogens with zero attached hydrogens (tertiary/aromatic N) is 3. The third kappa shape index (κ3) is 8.84. The molecule has 0 aromatic heterocycles. The molecule has 2 saturated heterocycles. The summed E-state index contributed by atoms with van der Waals surface area (Å²) in [4.78, 5) is 31.5. The molecule has 2 fully saturated rings. The lowest BCUT2D eigenvalue weighted by atomic mass is 9.72. The van der Waals surface area contributed by atoms with Crippen molar-refractivity contribution in [2.75, 3.05) is 66.7 Å². The van der Waals surface area contributed by atoms with Crippen LogP contribution in [-0.2, 0) is 44.1 Å². The van der Waals surface area contributed by atoms with Crippen LogP contribution in [0.5, 0.6) is 0 Å². The Bertz CT molecular complexity index is 1800. The monoisotopic (exact) mass is 778 g/mol. The molecule has 3 aromatic rings. The summed E-state index contributed by atoms with van der Waals surface area (Å²) >= 11 is 0. The minimum atomic E-state index is -5.12. The highest BCUT2D eigenvalue weighted by molar-refractivity contribution is 5.95. The fourth-order valence-electron chi connectivity index (χ4n) is 8.19. The second kappa shape index (κ2) is 16.2. The summed E-state index contributed by atoms with van der Waals surface area (Å²) in [6.45, 7) is 2.63. The maximum absolute atomic E-state index is 14.0. The molecule has 0 radical (unpaired) electrons. The molecule has 2 heterocycles. The highest BCUT2D eigenvalue weighted by atomic mass is 19.4. The zero-order valence-corrected chi connectivity index (χ0v) is 30.7. The maximum Gasteiger partial charge on any atom is 0.416 e. The molecule has 2 amide bonds. The number of likely N-dealkylation sites (N-methyl/N-ethyl adjacent to an activating group) is 1. The van der Waals surface area contributed by atoms with Crippen LogP contribution >= 0.6 is 0 Å². The van der Waals surface area contributed by atoms with Crippen molar-refractivity contribution in [2.45, 2.75) is 61.6 Å². The van der Waals surface area contributed by atoms with Gasteiger partial charge in [-0.2, -0.15) is 26.3 Å². The van der Waals surface area contributed by atoms with Gasteiger partial charge < -0.3 is 29.5 Å². The number of carbonyl (C=O) groups excluding carboxylic acids is 2. The Morgan fingerprint density at radius 1 is 0.964 bits per heavy atom. The Hall–Kier alpha value is -4.05. The van der Waals surface area contributed by atoms with E-state index in [4.69, 9.17) is 9.47 Å². The largest absolute Gasteiger partial charge is 0.416 e. The number of benzene rings is 3. The Balaban J connectivity index is 1.16. The van der Waals surface area contributed by atoms with Crippen molar-refractivity contribution in [2.24, 2.45) is 0 Å². The summed E-state index contributed by atoms with van der Waals surface area (Å²) in [5.41, 5.74) is -2.52. The first-order valence-electron chi connectivity index (χ1n) is 18.3. The number of alkyl halides is 6. The highest BCUT2D eigenvalue weighted by Gasteiger charge is 2.50. The van der Waals surface area contributed by atoms with Crippen LogP contribution < -0.4 is 5.32 Å². The fourth-order valence-corrected chi connectivity index (χ4v) is 8.19. The van der Waals surface area contributed by atoms with E-state index in [1.807, 2.05) is 19.2 Å². The average molecular weight is 779 g/mol. The van der Waals surface area contributed by atoms with Gasteiger partial charge in [0.05, 0.1) is 23.8 Å². The number of rotatable bonds is 12. The van der Waals surface area contributed by atoms with Crippen LogP contribution in [0.15, 0.2) is 66.7 Å². The van der Waals surface area contributed by atoms with Gasteiger partial charge >= 0.3 is 12.4 Å². The molecule has 2 aliphatic heterocycles. The van der Waals surface area contributed by atoms with E-state index in [0.29, 0.717) is 56.7 Å². The molecule has 0 bridgehead atoms. The van der Waals surface area contributed by atoms with Crippen molar-refractivity contribution in [3.63, 3.8) is 0 Å². The first kappa shape index (κ1) is 40.6. The van der Waals surface area contributed by atoms with Gasteiger partial charge in [-0.25, -0.2) is 4.39 Å². The van der Waals surface area contributed by atoms with Crippen LogP contribution in [0.4, 0.5) is 30.7 Å². The van der Waals surface area contributed by atoms with Gasteiger partial charge in [0.15, 0.2) is 0 Å². The molecule has 6 rings (SSSR count). The Labute approximate surface area is 315 Å². The Morgan fingerprint density at radius 3 is 2.25 bits per heavy atom. The topological polar surface area (TPSA) is 74.4 Å². The molecule has 2 atom stereocenters. The summed E-state index contributed by atoms with van der Waals surface area (Å²) in [7, 11) is 3.64. The minimum Gasteiger partial charge on any atom is -0.367 e. The number of piperidine rings is 1. The number of likely N-dealkylation sites (tertiary alicyclic amines) is 1. The maximum atomic E-state index is 14.0. The van der Waals surface area contributed by atoms with Gasteiger partial charge in [0.1, 0.15) is 24.8 Å². The van der Waals surface area contributed by atoms with Crippen molar-refractivity contribution < 1.29 is 49.8 Å².